The van der Waals surface area contributed by atoms with E-state index in [1.807, 2.05) is 0 Å². The van der Waals surface area contributed by atoms with Gasteiger partial charge in [-0.25, -0.2) is 0 Å². The van der Waals surface area contributed by atoms with E-state index in [4.69, 9.17) is 0 Å². The highest BCUT2D eigenvalue weighted by Gasteiger charge is 2.30. The molecule has 1 unspecified atom stereocenters. The maximum atomic E-state index is 12.1. The second kappa shape index (κ2) is 9.55. The summed E-state index contributed by atoms with van der Waals surface area (Å²) in [5.41, 5.74) is -1.16. The molecule has 0 fully saturated rings. The Hall–Kier alpha value is -0.370. The first-order valence-corrected chi connectivity index (χ1v) is 7.70. The maximum Gasteiger partial charge on any atom is 0.166 e. The number of carbonyl (C=O) groups is 1. The second-order valence-corrected chi connectivity index (χ2v) is 5.97. The van der Waals surface area contributed by atoms with Gasteiger partial charge in [0.25, 0.3) is 0 Å². The summed E-state index contributed by atoms with van der Waals surface area (Å²) in [5.74, 6) is 0.0825. The lowest BCUT2D eigenvalue weighted by Crippen LogP contribution is -2.36. The fourth-order valence-electron chi connectivity index (χ4n) is 2.43. The standard InChI is InChI=1S/C16H32O2/c1-5-7-8-9-10-11-13-14(12-6-2)15(17)16(3,4)18/h14,18H,5-13H2,1-4H3. The van der Waals surface area contributed by atoms with Crippen molar-refractivity contribution in [1.29, 1.82) is 0 Å². The predicted molar refractivity (Wildman–Crippen MR) is 77.7 cm³/mol. The van der Waals surface area contributed by atoms with Crippen molar-refractivity contribution in [3.05, 3.63) is 0 Å². The molecule has 108 valence electrons. The number of ketones is 1. The number of carbonyl (C=O) groups excluding carboxylic acids is 1. The van der Waals surface area contributed by atoms with Gasteiger partial charge in [0.2, 0.25) is 0 Å². The van der Waals surface area contributed by atoms with Crippen molar-refractivity contribution in [3.8, 4) is 0 Å². The molecule has 0 aromatic heterocycles. The number of aliphatic hydroxyl groups is 1. The SMILES string of the molecule is CCCCCCCCC(CCC)C(=O)C(C)(C)O. The highest BCUT2D eigenvalue weighted by atomic mass is 16.3. The topological polar surface area (TPSA) is 37.3 Å². The normalized spacial score (nSPS) is 13.6. The maximum absolute atomic E-state index is 12.1. The van der Waals surface area contributed by atoms with Crippen LogP contribution >= 0.6 is 0 Å². The Morgan fingerprint density at radius 2 is 1.50 bits per heavy atom. The number of Topliss-reactive ketones (excluding diaryl/α,β-unsaturated/α-hetero) is 1. The fourth-order valence-corrected chi connectivity index (χ4v) is 2.43. The molecular weight excluding hydrogens is 224 g/mol. The van der Waals surface area contributed by atoms with Gasteiger partial charge < -0.3 is 5.11 Å². The molecule has 0 heterocycles. The molecule has 2 heteroatoms. The lowest BCUT2D eigenvalue weighted by molar-refractivity contribution is -0.138. The van der Waals surface area contributed by atoms with Crippen LogP contribution in [0.15, 0.2) is 0 Å². The summed E-state index contributed by atoms with van der Waals surface area (Å²) >= 11 is 0. The van der Waals surface area contributed by atoms with Crippen LogP contribution in [-0.4, -0.2) is 16.5 Å². The van der Waals surface area contributed by atoms with Crippen LogP contribution in [0.1, 0.15) is 85.5 Å². The van der Waals surface area contributed by atoms with Crippen molar-refractivity contribution in [1.82, 2.24) is 0 Å². The molecule has 0 aromatic rings. The van der Waals surface area contributed by atoms with Crippen LogP contribution in [0.2, 0.25) is 0 Å². The third-order valence-corrected chi connectivity index (χ3v) is 3.52. The monoisotopic (exact) mass is 256 g/mol. The summed E-state index contributed by atoms with van der Waals surface area (Å²) in [6.45, 7) is 7.55. The van der Waals surface area contributed by atoms with Crippen LogP contribution in [0.25, 0.3) is 0 Å². The molecule has 0 aromatic carbocycles. The zero-order chi connectivity index (χ0) is 14.0. The summed E-state index contributed by atoms with van der Waals surface area (Å²) in [7, 11) is 0. The molecule has 0 amide bonds. The Morgan fingerprint density at radius 1 is 0.944 bits per heavy atom. The molecule has 1 N–H and O–H groups in total. The fraction of sp³-hybridized carbons (Fsp3) is 0.938. The third kappa shape index (κ3) is 7.86. The average Bonchev–Trinajstić information content (AvgIpc) is 2.30. The van der Waals surface area contributed by atoms with Gasteiger partial charge in [0.1, 0.15) is 5.60 Å². The van der Waals surface area contributed by atoms with Gasteiger partial charge in [-0.3, -0.25) is 4.79 Å². The molecule has 0 rings (SSSR count). The van der Waals surface area contributed by atoms with E-state index in [9.17, 15) is 9.90 Å². The molecule has 0 bridgehead atoms. The van der Waals surface area contributed by atoms with Gasteiger partial charge >= 0.3 is 0 Å². The first-order chi connectivity index (χ1) is 8.43. The molecule has 0 saturated heterocycles. The first-order valence-electron chi connectivity index (χ1n) is 7.70. The lowest BCUT2D eigenvalue weighted by Gasteiger charge is -2.23. The molecule has 2 nitrogen and oxygen atoms in total. The molecule has 18 heavy (non-hydrogen) atoms. The van der Waals surface area contributed by atoms with Crippen LogP contribution in [-0.2, 0) is 4.79 Å². The smallest absolute Gasteiger partial charge is 0.166 e. The highest BCUT2D eigenvalue weighted by molar-refractivity contribution is 5.88. The van der Waals surface area contributed by atoms with Crippen LogP contribution in [0.4, 0.5) is 0 Å². The van der Waals surface area contributed by atoms with Crippen molar-refractivity contribution < 1.29 is 9.90 Å². The quantitative estimate of drug-likeness (QED) is 0.553. The van der Waals surface area contributed by atoms with Crippen LogP contribution in [0.3, 0.4) is 0 Å². The van der Waals surface area contributed by atoms with Gasteiger partial charge in [-0.15, -0.1) is 0 Å². The van der Waals surface area contributed by atoms with Gasteiger partial charge in [0.15, 0.2) is 5.78 Å². The van der Waals surface area contributed by atoms with E-state index in [1.54, 1.807) is 13.8 Å². The zero-order valence-corrected chi connectivity index (χ0v) is 12.8. The summed E-state index contributed by atoms with van der Waals surface area (Å²) in [6.07, 6.45) is 10.4. The average molecular weight is 256 g/mol. The van der Waals surface area contributed by atoms with Crippen molar-refractivity contribution >= 4 is 5.78 Å². The summed E-state index contributed by atoms with van der Waals surface area (Å²) in [4.78, 5) is 12.1. The number of unbranched alkanes of at least 4 members (excludes halogenated alkanes) is 5. The molecule has 0 aliphatic rings. The summed E-state index contributed by atoms with van der Waals surface area (Å²) in [6, 6.07) is 0. The Labute approximate surface area is 113 Å². The first kappa shape index (κ1) is 17.6. The van der Waals surface area contributed by atoms with Crippen molar-refractivity contribution in [3.63, 3.8) is 0 Å². The molecule has 1 atom stereocenters. The van der Waals surface area contributed by atoms with Gasteiger partial charge in [-0.1, -0.05) is 58.8 Å². The number of hydrogen-bond donors (Lipinski definition) is 1. The molecule has 0 spiro atoms. The lowest BCUT2D eigenvalue weighted by atomic mass is 9.85. The highest BCUT2D eigenvalue weighted by Crippen LogP contribution is 2.22. The minimum absolute atomic E-state index is 0.0258. The van der Waals surface area contributed by atoms with E-state index >= 15 is 0 Å². The van der Waals surface area contributed by atoms with Crippen LogP contribution < -0.4 is 0 Å². The van der Waals surface area contributed by atoms with E-state index in [1.165, 1.54) is 32.1 Å². The second-order valence-electron chi connectivity index (χ2n) is 5.97. The van der Waals surface area contributed by atoms with E-state index in [-0.39, 0.29) is 11.7 Å². The van der Waals surface area contributed by atoms with E-state index in [2.05, 4.69) is 13.8 Å². The number of hydrogen-bond acceptors (Lipinski definition) is 2. The number of rotatable bonds is 11. The largest absolute Gasteiger partial charge is 0.383 e. The minimum Gasteiger partial charge on any atom is -0.383 e. The Kier molecular flexibility index (Phi) is 9.35. The molecule has 0 aliphatic carbocycles. The predicted octanol–water partition coefficient (Wildman–Crippen LogP) is 4.49. The van der Waals surface area contributed by atoms with E-state index in [0.717, 1.165) is 25.7 Å². The van der Waals surface area contributed by atoms with Crippen molar-refractivity contribution in [2.75, 3.05) is 0 Å². The Bertz CT molecular complexity index is 216. The minimum atomic E-state index is -1.16. The Morgan fingerprint density at radius 3 is 2.00 bits per heavy atom. The summed E-state index contributed by atoms with van der Waals surface area (Å²) in [5, 5.41) is 9.81. The molecular formula is C16H32O2. The van der Waals surface area contributed by atoms with Gasteiger partial charge in [0.05, 0.1) is 0 Å². The van der Waals surface area contributed by atoms with Gasteiger partial charge in [0, 0.05) is 5.92 Å². The van der Waals surface area contributed by atoms with Gasteiger partial charge in [-0.05, 0) is 26.7 Å². The third-order valence-electron chi connectivity index (χ3n) is 3.52. The van der Waals surface area contributed by atoms with Crippen molar-refractivity contribution in [2.45, 2.75) is 91.1 Å². The van der Waals surface area contributed by atoms with E-state index in [0.29, 0.717) is 0 Å². The van der Waals surface area contributed by atoms with Crippen LogP contribution in [0, 0.1) is 5.92 Å². The summed E-state index contributed by atoms with van der Waals surface area (Å²) < 4.78 is 0. The van der Waals surface area contributed by atoms with Crippen LogP contribution in [0.5, 0.6) is 0 Å². The molecule has 0 radical (unpaired) electrons. The Balaban J connectivity index is 3.94. The zero-order valence-electron chi connectivity index (χ0n) is 12.8. The van der Waals surface area contributed by atoms with Gasteiger partial charge in [-0.2, -0.15) is 0 Å². The van der Waals surface area contributed by atoms with E-state index < -0.39 is 5.60 Å². The van der Waals surface area contributed by atoms with Crippen molar-refractivity contribution in [2.24, 2.45) is 5.92 Å². The molecule has 0 saturated carbocycles. The molecule has 0 aliphatic heterocycles.